The number of aliphatic imine (C=N–C) groups is 1. The fraction of sp³-hybridized carbons (Fsp3) is 0.895. The van der Waals surface area contributed by atoms with E-state index in [1.54, 1.807) is 0 Å². The van der Waals surface area contributed by atoms with Crippen LogP contribution in [0, 0.1) is 5.41 Å². The van der Waals surface area contributed by atoms with Crippen LogP contribution >= 0.6 is 0 Å². The van der Waals surface area contributed by atoms with Crippen molar-refractivity contribution in [3.05, 3.63) is 0 Å². The number of guanidine groups is 1. The average Bonchev–Trinajstić information content (AvgIpc) is 2.60. The van der Waals surface area contributed by atoms with E-state index >= 15 is 0 Å². The Morgan fingerprint density at radius 1 is 1.12 bits per heavy atom. The number of piperidine rings is 1. The zero-order valence-corrected chi connectivity index (χ0v) is 17.0. The van der Waals surface area contributed by atoms with E-state index in [1.165, 1.54) is 32.2 Å². The SMILES string of the molecule is CCNC(=O)C(C)(C)CN=C(NCC)NCCN1CCCCC1CC. The van der Waals surface area contributed by atoms with E-state index in [-0.39, 0.29) is 5.91 Å². The first-order valence-corrected chi connectivity index (χ1v) is 9.99. The monoisotopic (exact) mass is 353 g/mol. The van der Waals surface area contributed by atoms with Gasteiger partial charge < -0.3 is 16.0 Å². The molecule has 1 saturated heterocycles. The second kappa shape index (κ2) is 11.3. The maximum Gasteiger partial charge on any atom is 0.227 e. The Hall–Kier alpha value is -1.30. The van der Waals surface area contributed by atoms with Gasteiger partial charge in [-0.15, -0.1) is 0 Å². The topological polar surface area (TPSA) is 68.8 Å². The fourth-order valence-corrected chi connectivity index (χ4v) is 3.22. The van der Waals surface area contributed by atoms with Gasteiger partial charge in [0.05, 0.1) is 12.0 Å². The average molecular weight is 354 g/mol. The highest BCUT2D eigenvalue weighted by Crippen LogP contribution is 2.18. The third-order valence-corrected chi connectivity index (χ3v) is 4.84. The summed E-state index contributed by atoms with van der Waals surface area (Å²) < 4.78 is 0. The summed E-state index contributed by atoms with van der Waals surface area (Å²) in [6, 6.07) is 0.728. The zero-order valence-electron chi connectivity index (χ0n) is 17.0. The highest BCUT2D eigenvalue weighted by Gasteiger charge is 2.27. The zero-order chi connectivity index (χ0) is 18.7. The fourth-order valence-electron chi connectivity index (χ4n) is 3.22. The molecule has 6 nitrogen and oxygen atoms in total. The minimum absolute atomic E-state index is 0.0497. The van der Waals surface area contributed by atoms with Crippen LogP contribution in [0.5, 0.6) is 0 Å². The van der Waals surface area contributed by atoms with Crippen LogP contribution in [0.4, 0.5) is 0 Å². The van der Waals surface area contributed by atoms with Gasteiger partial charge >= 0.3 is 0 Å². The van der Waals surface area contributed by atoms with E-state index in [4.69, 9.17) is 0 Å². The van der Waals surface area contributed by atoms with Crippen molar-refractivity contribution in [2.24, 2.45) is 10.4 Å². The molecule has 0 saturated carbocycles. The van der Waals surface area contributed by atoms with Crippen LogP contribution in [0.2, 0.25) is 0 Å². The summed E-state index contributed by atoms with van der Waals surface area (Å²) in [5.74, 6) is 0.846. The molecule has 1 aliphatic rings. The molecule has 0 aromatic heterocycles. The van der Waals surface area contributed by atoms with Crippen molar-refractivity contribution < 1.29 is 4.79 Å². The summed E-state index contributed by atoms with van der Waals surface area (Å²) in [4.78, 5) is 19.3. The molecule has 0 bridgehead atoms. The van der Waals surface area contributed by atoms with Crippen molar-refractivity contribution in [1.29, 1.82) is 0 Å². The Kier molecular flexibility index (Phi) is 9.86. The third kappa shape index (κ3) is 7.63. The van der Waals surface area contributed by atoms with Crippen LogP contribution in [0.3, 0.4) is 0 Å². The summed E-state index contributed by atoms with van der Waals surface area (Å²) in [5, 5.41) is 9.58. The minimum atomic E-state index is -0.501. The molecule has 1 unspecified atom stereocenters. The van der Waals surface area contributed by atoms with Crippen molar-refractivity contribution >= 4 is 11.9 Å². The van der Waals surface area contributed by atoms with E-state index in [9.17, 15) is 4.79 Å². The Morgan fingerprint density at radius 2 is 1.84 bits per heavy atom. The molecule has 1 aliphatic heterocycles. The van der Waals surface area contributed by atoms with Crippen molar-refractivity contribution in [2.45, 2.75) is 66.3 Å². The van der Waals surface area contributed by atoms with Gasteiger partial charge in [0.25, 0.3) is 0 Å². The Balaban J connectivity index is 2.51. The third-order valence-electron chi connectivity index (χ3n) is 4.84. The number of hydrogen-bond donors (Lipinski definition) is 3. The molecule has 0 aromatic rings. The number of nitrogens with zero attached hydrogens (tertiary/aromatic N) is 2. The Bertz CT molecular complexity index is 422. The molecule has 3 N–H and O–H groups in total. The quantitative estimate of drug-likeness (QED) is 0.438. The maximum atomic E-state index is 12.1. The van der Waals surface area contributed by atoms with Gasteiger partial charge in [0.1, 0.15) is 0 Å². The lowest BCUT2D eigenvalue weighted by Crippen LogP contribution is -2.46. The number of carbonyl (C=O) groups excluding carboxylic acids is 1. The highest BCUT2D eigenvalue weighted by molar-refractivity contribution is 5.83. The molecule has 1 heterocycles. The van der Waals surface area contributed by atoms with Crippen molar-refractivity contribution in [3.8, 4) is 0 Å². The van der Waals surface area contributed by atoms with Gasteiger partial charge in [-0.05, 0) is 53.5 Å². The summed E-state index contributed by atoms with van der Waals surface area (Å²) >= 11 is 0. The smallest absolute Gasteiger partial charge is 0.227 e. The van der Waals surface area contributed by atoms with Gasteiger partial charge in [-0.25, -0.2) is 0 Å². The molecule has 0 spiro atoms. The lowest BCUT2D eigenvalue weighted by molar-refractivity contribution is -0.128. The summed E-state index contributed by atoms with van der Waals surface area (Å²) in [6.07, 6.45) is 5.23. The number of carbonyl (C=O) groups is 1. The molecule has 1 atom stereocenters. The van der Waals surface area contributed by atoms with Gasteiger partial charge in [0, 0.05) is 32.2 Å². The first-order valence-electron chi connectivity index (χ1n) is 9.99. The maximum absolute atomic E-state index is 12.1. The van der Waals surface area contributed by atoms with Crippen LogP contribution in [0.15, 0.2) is 4.99 Å². The summed E-state index contributed by atoms with van der Waals surface area (Å²) in [5.41, 5.74) is -0.501. The molecule has 25 heavy (non-hydrogen) atoms. The molecule has 146 valence electrons. The van der Waals surface area contributed by atoms with Crippen LogP contribution in [-0.4, -0.2) is 62.1 Å². The van der Waals surface area contributed by atoms with Gasteiger partial charge in [0.15, 0.2) is 5.96 Å². The Morgan fingerprint density at radius 3 is 2.48 bits per heavy atom. The van der Waals surface area contributed by atoms with E-state index in [2.05, 4.69) is 39.7 Å². The molecule has 0 aliphatic carbocycles. The molecule has 0 aromatic carbocycles. The standard InChI is InChI=1S/C19H39N5O/c1-6-16-11-9-10-13-24(16)14-12-22-18(21-8-3)23-15-19(4,5)17(25)20-7-2/h16H,6-15H2,1-5H3,(H,20,25)(H2,21,22,23). The minimum Gasteiger partial charge on any atom is -0.357 e. The van der Waals surface area contributed by atoms with Crippen LogP contribution < -0.4 is 16.0 Å². The molecule has 1 rings (SSSR count). The van der Waals surface area contributed by atoms with Gasteiger partial charge in [-0.2, -0.15) is 0 Å². The van der Waals surface area contributed by atoms with Crippen molar-refractivity contribution in [2.75, 3.05) is 39.3 Å². The van der Waals surface area contributed by atoms with E-state index in [1.807, 2.05) is 20.8 Å². The second-order valence-corrected chi connectivity index (χ2v) is 7.46. The molecule has 6 heteroatoms. The van der Waals surface area contributed by atoms with E-state index in [0.29, 0.717) is 13.1 Å². The lowest BCUT2D eigenvalue weighted by Gasteiger charge is -2.35. The van der Waals surface area contributed by atoms with E-state index in [0.717, 1.165) is 31.6 Å². The summed E-state index contributed by atoms with van der Waals surface area (Å²) in [7, 11) is 0. The van der Waals surface area contributed by atoms with Gasteiger partial charge in [-0.3, -0.25) is 14.7 Å². The van der Waals surface area contributed by atoms with Crippen molar-refractivity contribution in [1.82, 2.24) is 20.9 Å². The summed E-state index contributed by atoms with van der Waals surface area (Å²) in [6.45, 7) is 15.2. The number of likely N-dealkylation sites (tertiary alicyclic amines) is 1. The van der Waals surface area contributed by atoms with Crippen molar-refractivity contribution in [3.63, 3.8) is 0 Å². The van der Waals surface area contributed by atoms with Gasteiger partial charge in [-0.1, -0.05) is 13.3 Å². The number of hydrogen-bond acceptors (Lipinski definition) is 3. The number of nitrogens with one attached hydrogen (secondary N) is 3. The van der Waals surface area contributed by atoms with Crippen LogP contribution in [0.25, 0.3) is 0 Å². The van der Waals surface area contributed by atoms with Gasteiger partial charge in [0.2, 0.25) is 5.91 Å². The lowest BCUT2D eigenvalue weighted by atomic mass is 9.92. The predicted molar refractivity (Wildman–Crippen MR) is 106 cm³/mol. The largest absolute Gasteiger partial charge is 0.357 e. The first-order chi connectivity index (χ1) is 11.9. The molecular formula is C19H39N5O. The van der Waals surface area contributed by atoms with Crippen LogP contribution in [0.1, 0.15) is 60.3 Å². The second-order valence-electron chi connectivity index (χ2n) is 7.46. The normalized spacial score (nSPS) is 19.6. The number of rotatable bonds is 9. The highest BCUT2D eigenvalue weighted by atomic mass is 16.2. The van der Waals surface area contributed by atoms with E-state index < -0.39 is 5.41 Å². The first kappa shape index (κ1) is 21.7. The number of amides is 1. The predicted octanol–water partition coefficient (Wildman–Crippen LogP) is 1.97. The molecular weight excluding hydrogens is 314 g/mol. The molecule has 1 amide bonds. The Labute approximate surface area is 154 Å². The molecule has 1 fully saturated rings. The van der Waals surface area contributed by atoms with Crippen LogP contribution in [-0.2, 0) is 4.79 Å². The molecule has 0 radical (unpaired) electrons.